The second-order valence-electron chi connectivity index (χ2n) is 8.21. The number of hydrogen-bond acceptors (Lipinski definition) is 6. The van der Waals surface area contributed by atoms with Crippen LogP contribution in [0.5, 0.6) is 11.5 Å². The summed E-state index contributed by atoms with van der Waals surface area (Å²) in [4.78, 5) is 17.6. The average Bonchev–Trinajstić information content (AvgIpc) is 3.60. The minimum absolute atomic E-state index is 0.160. The summed E-state index contributed by atoms with van der Waals surface area (Å²) in [6.07, 6.45) is 3.66. The number of carbonyl (C=O) groups is 1. The molecule has 8 heteroatoms. The first-order chi connectivity index (χ1) is 17.1. The fourth-order valence-electron chi connectivity index (χ4n) is 4.31. The summed E-state index contributed by atoms with van der Waals surface area (Å²) in [5, 5.41) is 15.6. The molecule has 2 aliphatic rings. The van der Waals surface area contributed by atoms with Crippen LogP contribution >= 0.6 is 0 Å². The van der Waals surface area contributed by atoms with Crippen LogP contribution in [-0.4, -0.2) is 22.3 Å². The summed E-state index contributed by atoms with van der Waals surface area (Å²) >= 11 is 0. The van der Waals surface area contributed by atoms with Crippen molar-refractivity contribution in [2.24, 2.45) is 7.05 Å². The Morgan fingerprint density at radius 3 is 2.69 bits per heavy atom. The molecule has 0 aliphatic carbocycles. The van der Waals surface area contributed by atoms with Gasteiger partial charge in [-0.1, -0.05) is 6.07 Å². The van der Waals surface area contributed by atoms with Crippen LogP contribution in [0.25, 0.3) is 22.7 Å². The van der Waals surface area contributed by atoms with E-state index in [0.717, 1.165) is 28.2 Å². The van der Waals surface area contributed by atoms with Gasteiger partial charge in [0, 0.05) is 41.8 Å². The SMILES string of the molecule is Cn1ccnc1-c1ccc(N/C(=C2\C(=O)Nc3cc(C#N)ccc32)c2ccc3c(c2)OCO3)cc1. The van der Waals surface area contributed by atoms with Crippen molar-refractivity contribution in [1.82, 2.24) is 9.55 Å². The highest BCUT2D eigenvalue weighted by atomic mass is 16.7. The van der Waals surface area contributed by atoms with E-state index in [-0.39, 0.29) is 12.7 Å². The Bertz CT molecular complexity index is 1560. The van der Waals surface area contributed by atoms with Gasteiger partial charge in [-0.05, 0) is 54.6 Å². The van der Waals surface area contributed by atoms with Crippen LogP contribution in [0.1, 0.15) is 16.7 Å². The lowest BCUT2D eigenvalue weighted by Crippen LogP contribution is -2.10. The van der Waals surface area contributed by atoms with Crippen molar-refractivity contribution in [3.05, 3.63) is 89.7 Å². The Hall–Kier alpha value is -5.03. The van der Waals surface area contributed by atoms with Crippen LogP contribution in [0.2, 0.25) is 0 Å². The van der Waals surface area contributed by atoms with Crippen molar-refractivity contribution in [3.63, 3.8) is 0 Å². The summed E-state index contributed by atoms with van der Waals surface area (Å²) in [7, 11) is 1.95. The quantitative estimate of drug-likeness (QED) is 0.430. The molecule has 1 amide bonds. The van der Waals surface area contributed by atoms with Crippen molar-refractivity contribution < 1.29 is 14.3 Å². The van der Waals surface area contributed by atoms with Gasteiger partial charge in [0.25, 0.3) is 5.91 Å². The van der Waals surface area contributed by atoms with Crippen LogP contribution in [0, 0.1) is 11.3 Å². The Morgan fingerprint density at radius 1 is 1.09 bits per heavy atom. The van der Waals surface area contributed by atoms with E-state index in [9.17, 15) is 10.1 Å². The third-order valence-corrected chi connectivity index (χ3v) is 6.04. The number of rotatable bonds is 4. The Labute approximate surface area is 201 Å². The van der Waals surface area contributed by atoms with Crippen LogP contribution in [0.15, 0.2) is 73.1 Å². The number of nitriles is 1. The highest BCUT2D eigenvalue weighted by Crippen LogP contribution is 2.41. The molecule has 3 heterocycles. The molecule has 170 valence electrons. The number of imidazole rings is 1. The first kappa shape index (κ1) is 20.6. The monoisotopic (exact) mass is 461 g/mol. The largest absolute Gasteiger partial charge is 0.454 e. The van der Waals surface area contributed by atoms with Gasteiger partial charge in [0.1, 0.15) is 5.82 Å². The van der Waals surface area contributed by atoms with E-state index < -0.39 is 0 Å². The number of aromatic nitrogens is 2. The number of fused-ring (bicyclic) bond motifs is 2. The van der Waals surface area contributed by atoms with Gasteiger partial charge < -0.3 is 24.7 Å². The molecule has 3 aromatic carbocycles. The Balaban J connectivity index is 1.46. The number of ether oxygens (including phenoxy) is 2. The molecule has 0 saturated carbocycles. The molecule has 1 aromatic heterocycles. The number of nitrogens with zero attached hydrogens (tertiary/aromatic N) is 3. The number of hydrogen-bond donors (Lipinski definition) is 2. The van der Waals surface area contributed by atoms with Gasteiger partial charge in [-0.2, -0.15) is 5.26 Å². The van der Waals surface area contributed by atoms with Crippen molar-refractivity contribution >= 4 is 28.6 Å². The van der Waals surface area contributed by atoms with E-state index in [0.29, 0.717) is 34.0 Å². The molecule has 2 aliphatic heterocycles. The molecule has 0 unspecified atom stereocenters. The number of aryl methyl sites for hydroxylation is 1. The van der Waals surface area contributed by atoms with Gasteiger partial charge in [0.05, 0.1) is 28.6 Å². The minimum Gasteiger partial charge on any atom is -0.454 e. The Kier molecular flexibility index (Phi) is 4.75. The van der Waals surface area contributed by atoms with Crippen LogP contribution in [0.3, 0.4) is 0 Å². The summed E-state index contributed by atoms with van der Waals surface area (Å²) < 4.78 is 13.0. The highest BCUT2D eigenvalue weighted by molar-refractivity contribution is 6.37. The topological polar surface area (TPSA) is 101 Å². The number of amides is 1. The number of carbonyl (C=O) groups excluding carboxylic acids is 1. The summed E-state index contributed by atoms with van der Waals surface area (Å²) in [5.41, 5.74) is 5.46. The molecule has 0 spiro atoms. The van der Waals surface area contributed by atoms with Crippen molar-refractivity contribution in [3.8, 4) is 29.0 Å². The molecule has 4 aromatic rings. The smallest absolute Gasteiger partial charge is 0.258 e. The van der Waals surface area contributed by atoms with Crippen LogP contribution < -0.4 is 20.1 Å². The molecule has 0 radical (unpaired) electrons. The number of anilines is 2. The molecule has 0 fully saturated rings. The maximum atomic E-state index is 13.2. The van der Waals surface area contributed by atoms with E-state index >= 15 is 0 Å². The third-order valence-electron chi connectivity index (χ3n) is 6.04. The fourth-order valence-corrected chi connectivity index (χ4v) is 4.31. The van der Waals surface area contributed by atoms with E-state index in [1.807, 2.05) is 60.3 Å². The summed E-state index contributed by atoms with van der Waals surface area (Å²) in [6.45, 7) is 0.160. The number of nitrogens with one attached hydrogen (secondary N) is 2. The molecule has 6 rings (SSSR count). The van der Waals surface area contributed by atoms with E-state index in [1.165, 1.54) is 0 Å². The lowest BCUT2D eigenvalue weighted by molar-refractivity contribution is -0.110. The van der Waals surface area contributed by atoms with Gasteiger partial charge in [-0.25, -0.2) is 4.98 Å². The second-order valence-corrected chi connectivity index (χ2v) is 8.21. The maximum Gasteiger partial charge on any atom is 0.258 e. The predicted octanol–water partition coefficient (Wildman–Crippen LogP) is 4.62. The molecule has 35 heavy (non-hydrogen) atoms. The zero-order valence-electron chi connectivity index (χ0n) is 18.7. The molecule has 0 saturated heterocycles. The molecule has 0 atom stereocenters. The van der Waals surface area contributed by atoms with Crippen molar-refractivity contribution in [2.45, 2.75) is 0 Å². The molecule has 2 N–H and O–H groups in total. The minimum atomic E-state index is -0.250. The van der Waals surface area contributed by atoms with E-state index in [1.54, 1.807) is 24.4 Å². The fraction of sp³-hybridized carbons (Fsp3) is 0.0741. The molecule has 0 bridgehead atoms. The van der Waals surface area contributed by atoms with Crippen molar-refractivity contribution in [2.75, 3.05) is 17.4 Å². The second kappa shape index (κ2) is 8.08. The third kappa shape index (κ3) is 3.56. The van der Waals surface area contributed by atoms with Gasteiger partial charge in [-0.15, -0.1) is 0 Å². The van der Waals surface area contributed by atoms with Crippen molar-refractivity contribution in [1.29, 1.82) is 5.26 Å². The lowest BCUT2D eigenvalue weighted by Gasteiger charge is -2.16. The van der Waals surface area contributed by atoms with Gasteiger partial charge in [-0.3, -0.25) is 4.79 Å². The average molecular weight is 461 g/mol. The van der Waals surface area contributed by atoms with E-state index in [2.05, 4.69) is 21.7 Å². The molecular formula is C27H19N5O3. The first-order valence-corrected chi connectivity index (χ1v) is 11.0. The summed E-state index contributed by atoms with van der Waals surface area (Å²) in [6, 6.07) is 20.7. The normalized spacial score (nSPS) is 14.8. The standard InChI is InChI=1S/C27H19N5O3/c1-32-11-10-29-26(32)17-3-6-19(7-4-17)30-25(18-5-9-22-23(13-18)35-15-34-22)24-20-8-2-16(14-28)12-21(20)31-27(24)33/h2-13,30H,15H2,1H3,(H,31,33)/b25-24-. The maximum absolute atomic E-state index is 13.2. The first-order valence-electron chi connectivity index (χ1n) is 11.0. The van der Waals surface area contributed by atoms with Gasteiger partial charge >= 0.3 is 0 Å². The lowest BCUT2D eigenvalue weighted by atomic mass is 9.98. The summed E-state index contributed by atoms with van der Waals surface area (Å²) in [5.74, 6) is 1.89. The van der Waals surface area contributed by atoms with Gasteiger partial charge in [0.2, 0.25) is 6.79 Å². The van der Waals surface area contributed by atoms with E-state index in [4.69, 9.17) is 9.47 Å². The van der Waals surface area contributed by atoms with Gasteiger partial charge in [0.15, 0.2) is 11.5 Å². The van der Waals surface area contributed by atoms with Crippen LogP contribution in [-0.2, 0) is 11.8 Å². The molecular weight excluding hydrogens is 442 g/mol. The highest BCUT2D eigenvalue weighted by Gasteiger charge is 2.29. The predicted molar refractivity (Wildman–Crippen MR) is 131 cm³/mol. The Morgan fingerprint density at radius 2 is 1.91 bits per heavy atom. The zero-order chi connectivity index (χ0) is 23.9. The molecule has 8 nitrogen and oxygen atoms in total. The van der Waals surface area contributed by atoms with Crippen LogP contribution in [0.4, 0.5) is 11.4 Å². The zero-order valence-corrected chi connectivity index (χ0v) is 18.7. The number of benzene rings is 3.